The van der Waals surface area contributed by atoms with E-state index in [0.717, 1.165) is 23.1 Å². The van der Waals surface area contributed by atoms with E-state index in [1.54, 1.807) is 4.52 Å². The van der Waals surface area contributed by atoms with Crippen molar-refractivity contribution in [2.75, 3.05) is 25.3 Å². The maximum absolute atomic E-state index is 12.5. The maximum Gasteiger partial charge on any atom is 0.339 e. The number of hydrogen-bond acceptors (Lipinski definition) is 9. The van der Waals surface area contributed by atoms with Crippen LogP contribution >= 0.6 is 11.8 Å². The molecular weight excluding hydrogens is 410 g/mol. The Balaban J connectivity index is 1.76. The molecule has 0 aliphatic rings. The van der Waals surface area contributed by atoms with Gasteiger partial charge in [0.1, 0.15) is 0 Å². The quantitative estimate of drug-likeness (QED) is 0.463. The average molecular weight is 429 g/mol. The van der Waals surface area contributed by atoms with Gasteiger partial charge in [-0.05, 0) is 38.1 Å². The van der Waals surface area contributed by atoms with Gasteiger partial charge >= 0.3 is 11.9 Å². The molecule has 0 aliphatic carbocycles. The summed E-state index contributed by atoms with van der Waals surface area (Å²) in [5.41, 5.74) is 2.15. The van der Waals surface area contributed by atoms with E-state index in [1.807, 2.05) is 19.9 Å². The third-order valence-electron chi connectivity index (χ3n) is 4.05. The summed E-state index contributed by atoms with van der Waals surface area (Å²) in [5.74, 6) is -1.21. The lowest BCUT2D eigenvalue weighted by molar-refractivity contribution is -0.113. The molecule has 0 radical (unpaired) electrons. The highest BCUT2D eigenvalue weighted by atomic mass is 32.2. The smallest absolute Gasteiger partial charge is 0.339 e. The van der Waals surface area contributed by atoms with E-state index in [-0.39, 0.29) is 22.6 Å². The number of carbonyl (C=O) groups is 3. The fourth-order valence-electron chi connectivity index (χ4n) is 2.71. The third kappa shape index (κ3) is 4.57. The Kier molecular flexibility index (Phi) is 6.31. The van der Waals surface area contributed by atoms with Gasteiger partial charge in [-0.2, -0.15) is 4.98 Å². The Morgan fingerprint density at radius 3 is 2.50 bits per heavy atom. The standard InChI is InChI=1S/C19H19N5O5S/c1-10-7-11(2)24-18(20-10)22-19(23-24)30-9-15(25)21-14-8-12(16(26)28-3)5-6-13(14)17(27)29-4/h5-8H,9H2,1-4H3,(H,21,25). The fraction of sp³-hybridized carbons (Fsp3) is 0.263. The van der Waals surface area contributed by atoms with Crippen molar-refractivity contribution in [2.24, 2.45) is 0 Å². The lowest BCUT2D eigenvalue weighted by atomic mass is 10.1. The number of aromatic nitrogens is 4. The van der Waals surface area contributed by atoms with E-state index in [0.29, 0.717) is 10.9 Å². The Hall–Kier alpha value is -3.47. The number of thioether (sulfide) groups is 1. The number of fused-ring (bicyclic) bond motifs is 1. The number of anilines is 1. The first-order valence-electron chi connectivity index (χ1n) is 8.76. The Morgan fingerprint density at radius 1 is 1.07 bits per heavy atom. The monoisotopic (exact) mass is 429 g/mol. The highest BCUT2D eigenvalue weighted by Crippen LogP contribution is 2.21. The van der Waals surface area contributed by atoms with Crippen LogP contribution < -0.4 is 5.32 Å². The number of carbonyl (C=O) groups excluding carboxylic acids is 3. The van der Waals surface area contributed by atoms with Crippen LogP contribution in [-0.2, 0) is 14.3 Å². The van der Waals surface area contributed by atoms with Gasteiger partial charge in [-0.25, -0.2) is 19.1 Å². The number of benzene rings is 1. The molecule has 0 saturated carbocycles. The minimum Gasteiger partial charge on any atom is -0.465 e. The van der Waals surface area contributed by atoms with Crippen molar-refractivity contribution in [1.29, 1.82) is 0 Å². The van der Waals surface area contributed by atoms with Crippen LogP contribution in [0.25, 0.3) is 5.78 Å². The lowest BCUT2D eigenvalue weighted by Gasteiger charge is -2.11. The summed E-state index contributed by atoms with van der Waals surface area (Å²) in [7, 11) is 2.47. The van der Waals surface area contributed by atoms with Crippen molar-refractivity contribution in [3.63, 3.8) is 0 Å². The average Bonchev–Trinajstić information content (AvgIpc) is 3.14. The summed E-state index contributed by atoms with van der Waals surface area (Å²) in [6, 6.07) is 6.05. The molecular formula is C19H19N5O5S. The molecule has 1 amide bonds. The van der Waals surface area contributed by atoms with Crippen molar-refractivity contribution in [3.8, 4) is 0 Å². The molecule has 3 aromatic rings. The number of nitrogens with zero attached hydrogens (tertiary/aromatic N) is 4. The van der Waals surface area contributed by atoms with E-state index >= 15 is 0 Å². The Labute approximate surface area is 176 Å². The topological polar surface area (TPSA) is 125 Å². The molecule has 0 fully saturated rings. The fourth-order valence-corrected chi connectivity index (χ4v) is 3.32. The van der Waals surface area contributed by atoms with Crippen LogP contribution in [0.4, 0.5) is 5.69 Å². The minimum atomic E-state index is -0.645. The molecule has 30 heavy (non-hydrogen) atoms. The second-order valence-corrected chi connectivity index (χ2v) is 7.17. The summed E-state index contributed by atoms with van der Waals surface area (Å²) < 4.78 is 11.0. The first-order chi connectivity index (χ1) is 14.3. The maximum atomic E-state index is 12.5. The van der Waals surface area contributed by atoms with Crippen LogP contribution in [0.1, 0.15) is 32.1 Å². The molecule has 1 aromatic carbocycles. The molecule has 2 aromatic heterocycles. The first-order valence-corrected chi connectivity index (χ1v) is 9.75. The van der Waals surface area contributed by atoms with Gasteiger partial charge in [0.05, 0.1) is 36.8 Å². The van der Waals surface area contributed by atoms with E-state index in [1.165, 1.54) is 32.4 Å². The van der Waals surface area contributed by atoms with Crippen LogP contribution in [0.5, 0.6) is 0 Å². The zero-order valence-corrected chi connectivity index (χ0v) is 17.6. The molecule has 0 saturated heterocycles. The van der Waals surface area contributed by atoms with Crippen LogP contribution in [0.3, 0.4) is 0 Å². The van der Waals surface area contributed by atoms with Gasteiger partial charge in [-0.3, -0.25) is 4.79 Å². The molecule has 0 atom stereocenters. The van der Waals surface area contributed by atoms with Crippen LogP contribution in [0, 0.1) is 13.8 Å². The predicted molar refractivity (Wildman–Crippen MR) is 109 cm³/mol. The predicted octanol–water partition coefficient (Wildman–Crippen LogP) is 2.05. The number of nitrogens with one attached hydrogen (secondary N) is 1. The van der Waals surface area contributed by atoms with Crippen molar-refractivity contribution < 1.29 is 23.9 Å². The van der Waals surface area contributed by atoms with Crippen molar-refractivity contribution in [1.82, 2.24) is 19.6 Å². The van der Waals surface area contributed by atoms with E-state index in [2.05, 4.69) is 25.1 Å². The normalized spacial score (nSPS) is 10.7. The summed E-state index contributed by atoms with van der Waals surface area (Å²) in [4.78, 5) is 44.8. The molecule has 0 bridgehead atoms. The zero-order chi connectivity index (χ0) is 21.8. The third-order valence-corrected chi connectivity index (χ3v) is 4.89. The van der Waals surface area contributed by atoms with Gasteiger partial charge in [-0.15, -0.1) is 5.10 Å². The second-order valence-electron chi connectivity index (χ2n) is 6.23. The molecule has 1 N–H and O–H groups in total. The lowest BCUT2D eigenvalue weighted by Crippen LogP contribution is -2.18. The largest absolute Gasteiger partial charge is 0.465 e. The van der Waals surface area contributed by atoms with Crippen LogP contribution in [0.15, 0.2) is 29.4 Å². The summed E-state index contributed by atoms with van der Waals surface area (Å²) >= 11 is 1.12. The number of hydrogen-bond donors (Lipinski definition) is 1. The van der Waals surface area contributed by atoms with Crippen molar-refractivity contribution in [3.05, 3.63) is 46.8 Å². The highest BCUT2D eigenvalue weighted by Gasteiger charge is 2.18. The van der Waals surface area contributed by atoms with Gasteiger partial charge in [0.2, 0.25) is 11.1 Å². The summed E-state index contributed by atoms with van der Waals surface area (Å²) in [5, 5.41) is 7.35. The number of esters is 2. The molecule has 3 rings (SSSR count). The van der Waals surface area contributed by atoms with E-state index in [4.69, 9.17) is 4.74 Å². The first kappa shape index (κ1) is 21.2. The molecule has 10 nitrogen and oxygen atoms in total. The van der Waals surface area contributed by atoms with Gasteiger partial charge < -0.3 is 14.8 Å². The summed E-state index contributed by atoms with van der Waals surface area (Å²) in [6.45, 7) is 3.75. The molecule has 0 unspecified atom stereocenters. The van der Waals surface area contributed by atoms with Gasteiger partial charge in [-0.1, -0.05) is 11.8 Å². The number of aryl methyl sites for hydroxylation is 2. The number of rotatable bonds is 6. The SMILES string of the molecule is COC(=O)c1ccc(C(=O)OC)c(NC(=O)CSc2nc3nc(C)cc(C)n3n2)c1. The van der Waals surface area contributed by atoms with Crippen LogP contribution in [-0.4, -0.2) is 57.4 Å². The van der Waals surface area contributed by atoms with E-state index < -0.39 is 17.8 Å². The van der Waals surface area contributed by atoms with Gasteiger partial charge in [0.25, 0.3) is 5.78 Å². The highest BCUT2D eigenvalue weighted by molar-refractivity contribution is 7.99. The number of methoxy groups -OCH3 is 2. The van der Waals surface area contributed by atoms with Crippen molar-refractivity contribution in [2.45, 2.75) is 19.0 Å². The Morgan fingerprint density at radius 2 is 1.80 bits per heavy atom. The molecule has 11 heteroatoms. The van der Waals surface area contributed by atoms with Crippen molar-refractivity contribution >= 4 is 41.1 Å². The van der Waals surface area contributed by atoms with E-state index in [9.17, 15) is 14.4 Å². The molecule has 0 spiro atoms. The van der Waals surface area contributed by atoms with Crippen LogP contribution in [0.2, 0.25) is 0 Å². The summed E-state index contributed by atoms with van der Waals surface area (Å²) in [6.07, 6.45) is 0. The number of ether oxygens (including phenoxy) is 2. The molecule has 156 valence electrons. The second kappa shape index (κ2) is 8.91. The Bertz CT molecular complexity index is 1140. The number of amides is 1. The van der Waals surface area contributed by atoms with Gasteiger partial charge in [0, 0.05) is 11.4 Å². The molecule has 0 aliphatic heterocycles. The molecule has 2 heterocycles. The minimum absolute atomic E-state index is 0.0159. The zero-order valence-electron chi connectivity index (χ0n) is 16.8. The van der Waals surface area contributed by atoms with Gasteiger partial charge in [0.15, 0.2) is 0 Å².